The van der Waals surface area contributed by atoms with Gasteiger partial charge in [0.15, 0.2) is 23.8 Å². The maximum absolute atomic E-state index is 15.8. The first-order chi connectivity index (χ1) is 40.1. The van der Waals surface area contributed by atoms with E-state index in [1.165, 1.54) is 38.8 Å². The van der Waals surface area contributed by atoms with Crippen molar-refractivity contribution < 1.29 is 91.1 Å². The second-order valence-corrected chi connectivity index (χ2v) is 25.7. The first-order valence-electron chi connectivity index (χ1n) is 30.6. The number of alkyl carbamates (subject to hydrolysis) is 1. The second-order valence-electron chi connectivity index (χ2n) is 25.7. The van der Waals surface area contributed by atoms with E-state index in [9.17, 15) is 34.2 Å². The van der Waals surface area contributed by atoms with Gasteiger partial charge in [0.25, 0.3) is 0 Å². The monoisotopic (exact) mass is 1190 g/mol. The number of benzene rings is 1. The molecule has 3 aliphatic carbocycles. The lowest BCUT2D eigenvalue weighted by Gasteiger charge is -2.67. The third-order valence-electron chi connectivity index (χ3n) is 17.3. The quantitative estimate of drug-likeness (QED) is 0.0320. The molecule has 4 fully saturated rings. The summed E-state index contributed by atoms with van der Waals surface area (Å²) < 4.78 is 59.9. The number of esters is 4. The maximum atomic E-state index is 15.8. The number of aliphatic hydroxyl groups is 2. The van der Waals surface area contributed by atoms with Crippen LogP contribution in [0.15, 0.2) is 65.8 Å². The maximum Gasteiger partial charge on any atom is 0.509 e. The van der Waals surface area contributed by atoms with Crippen LogP contribution < -0.4 is 5.32 Å². The number of hydrogen-bond acceptors (Lipinski definition) is 19. The van der Waals surface area contributed by atoms with Gasteiger partial charge in [0.05, 0.1) is 42.3 Å². The molecule has 0 spiro atoms. The Labute approximate surface area is 501 Å². The number of aliphatic hydroxyl groups excluding tert-OH is 1. The Kier molecular flexibility index (Phi) is 24.0. The van der Waals surface area contributed by atoms with Gasteiger partial charge in [-0.1, -0.05) is 116 Å². The normalized spacial score (nSPS) is 29.6. The summed E-state index contributed by atoms with van der Waals surface area (Å²) >= 11 is 0. The van der Waals surface area contributed by atoms with Gasteiger partial charge in [-0.05, 0) is 109 Å². The number of carbonyl (C=O) groups excluding carboxylic acids is 7. The van der Waals surface area contributed by atoms with Crippen LogP contribution in [-0.4, -0.2) is 144 Å². The topological polar surface area (TPSA) is 264 Å². The predicted molar refractivity (Wildman–Crippen MR) is 311 cm³/mol. The molecule has 0 aromatic heterocycles. The van der Waals surface area contributed by atoms with E-state index in [-0.39, 0.29) is 55.3 Å². The number of unbranched alkanes of at least 4 members (excludes halogenated alkanes) is 8. The standard InChI is InChI=1S/C65H95NO19/c1-13-14-15-16-17-18-19-20-21-22-23-24-25-26-30-33-50-76-37-45(80-50)38-77-60(74)82-52(46(34-40(2)3)66-59(73)85-61(7,8)9)58(72)81-47-36-65(75)56(83-57(71)44-31-28-27-29-32-44)54-63(12,48(69)35-49-64(54,39-78-49)84-43(6)68)55(70)53(79-42(5)67)51(41(47)4)62(65,10)11/h16-17,19-20,27-29,31-32,40,45-50,52-54,56,69,75H,13-15,18,21-26,30,33-39H2,1-12H3,(H,66,73)/b17-16+,20-19+/t45?,46-,47-,48-,49+,50?,52+,53+,54?,56-,63+,64-,65+/m0/s1. The van der Waals surface area contributed by atoms with Crippen molar-refractivity contribution in [1.82, 2.24) is 5.32 Å². The minimum Gasteiger partial charge on any atom is -0.455 e. The second kappa shape index (κ2) is 29.8. The molecule has 2 saturated heterocycles. The molecule has 1 aromatic rings. The Hall–Kier alpha value is -5.67. The molecule has 2 saturated carbocycles. The van der Waals surface area contributed by atoms with Crippen LogP contribution >= 0.6 is 0 Å². The summed E-state index contributed by atoms with van der Waals surface area (Å²) in [7, 11) is 0. The van der Waals surface area contributed by atoms with Crippen LogP contribution in [0.4, 0.5) is 9.59 Å². The number of nitrogens with one attached hydrogen (secondary N) is 1. The number of carbonyl (C=O) groups is 7. The first kappa shape index (κ1) is 68.4. The van der Waals surface area contributed by atoms with Gasteiger partial charge in [-0.25, -0.2) is 19.2 Å². The fraction of sp³-hybridized carbons (Fsp3) is 0.708. The summed E-state index contributed by atoms with van der Waals surface area (Å²) in [5.41, 5.74) is -9.01. The fourth-order valence-electron chi connectivity index (χ4n) is 12.9. The van der Waals surface area contributed by atoms with Gasteiger partial charge in [0.2, 0.25) is 6.10 Å². The molecule has 20 heteroatoms. The van der Waals surface area contributed by atoms with Crippen molar-refractivity contribution in [3.8, 4) is 0 Å². The Balaban J connectivity index is 1.26. The van der Waals surface area contributed by atoms with E-state index in [0.717, 1.165) is 71.6 Å². The summed E-state index contributed by atoms with van der Waals surface area (Å²) in [4.78, 5) is 99.5. The van der Waals surface area contributed by atoms with Crippen LogP contribution in [0.3, 0.4) is 0 Å². The van der Waals surface area contributed by atoms with E-state index >= 15 is 9.59 Å². The molecule has 6 rings (SSSR count). The lowest BCUT2D eigenvalue weighted by Crippen LogP contribution is -2.82. The van der Waals surface area contributed by atoms with Crippen LogP contribution in [0.25, 0.3) is 0 Å². The summed E-state index contributed by atoms with van der Waals surface area (Å²) in [6.45, 7) is 18.5. The minimum absolute atomic E-state index is 0.0223. The molecule has 1 aromatic carbocycles. The number of hydrogen-bond donors (Lipinski definition) is 3. The fourth-order valence-corrected chi connectivity index (χ4v) is 12.9. The van der Waals surface area contributed by atoms with E-state index in [1.54, 1.807) is 52.8 Å². The Morgan fingerprint density at radius 3 is 2.13 bits per heavy atom. The van der Waals surface area contributed by atoms with E-state index in [0.29, 0.717) is 6.42 Å². The van der Waals surface area contributed by atoms with Gasteiger partial charge in [-0.3, -0.25) is 14.4 Å². The summed E-state index contributed by atoms with van der Waals surface area (Å²) in [5, 5.41) is 28.9. The van der Waals surface area contributed by atoms with Gasteiger partial charge in [-0.2, -0.15) is 0 Å². The highest BCUT2D eigenvalue weighted by atomic mass is 16.8. The first-order valence-corrected chi connectivity index (χ1v) is 30.6. The number of amides is 1. The van der Waals surface area contributed by atoms with Crippen LogP contribution in [0, 0.1) is 22.7 Å². The van der Waals surface area contributed by atoms with Crippen molar-refractivity contribution in [3.05, 3.63) is 71.3 Å². The number of ketones is 1. The highest BCUT2D eigenvalue weighted by Gasteiger charge is 2.78. The molecule has 3 unspecified atom stereocenters. The van der Waals surface area contributed by atoms with Crippen molar-refractivity contribution >= 4 is 41.9 Å². The Morgan fingerprint density at radius 1 is 0.859 bits per heavy atom. The molecule has 85 heavy (non-hydrogen) atoms. The zero-order chi connectivity index (χ0) is 62.5. The molecule has 474 valence electrons. The van der Waals surface area contributed by atoms with Gasteiger partial charge in [0, 0.05) is 32.1 Å². The smallest absolute Gasteiger partial charge is 0.455 e. The van der Waals surface area contributed by atoms with Gasteiger partial charge >= 0.3 is 36.1 Å². The molecular formula is C65H95NO19. The van der Waals surface area contributed by atoms with Crippen LogP contribution in [-0.2, 0) is 66.5 Å². The van der Waals surface area contributed by atoms with Crippen LogP contribution in [0.1, 0.15) is 190 Å². The van der Waals surface area contributed by atoms with Crippen LogP contribution in [0.5, 0.6) is 0 Å². The molecule has 20 nitrogen and oxygen atoms in total. The van der Waals surface area contributed by atoms with Crippen molar-refractivity contribution in [2.75, 3.05) is 19.8 Å². The number of rotatable bonds is 27. The van der Waals surface area contributed by atoms with Gasteiger partial charge in [-0.15, -0.1) is 0 Å². The zero-order valence-corrected chi connectivity index (χ0v) is 52.1. The molecule has 1 amide bonds. The average molecular weight is 1190 g/mol. The number of fused-ring (bicyclic) bond motifs is 5. The number of ether oxygens (including phenoxy) is 10. The summed E-state index contributed by atoms with van der Waals surface area (Å²) in [6.07, 6.45) is 7.46. The molecule has 3 N–H and O–H groups in total. The molecule has 5 aliphatic rings. The SMILES string of the molecule is CCCC/C=C/C/C=C/CCCCCCCCC1OCC(COC(=O)O[C@@H](C(=O)O[C@H]2C[C@@]3(O)[C@@H](OC(=O)c4ccccc4)C4[C@](C)(C(=O)[C@H](OC(C)=O)C(=C2C)C3(C)C)[C@@H](O)C[C@H]2OC[C@@]42OC(C)=O)[C@H](CC(C)C)NC(=O)OC(C)(C)C)O1. The molecular weight excluding hydrogens is 1100 g/mol. The lowest BCUT2D eigenvalue weighted by atomic mass is 9.44. The predicted octanol–water partition coefficient (Wildman–Crippen LogP) is 10.2. The van der Waals surface area contributed by atoms with Gasteiger partial charge < -0.3 is 62.9 Å². The van der Waals surface area contributed by atoms with Crippen molar-refractivity contribution in [2.45, 2.75) is 251 Å². The summed E-state index contributed by atoms with van der Waals surface area (Å²) in [5.74, 6) is -6.68. The third-order valence-corrected chi connectivity index (χ3v) is 17.3. The molecule has 2 heterocycles. The van der Waals surface area contributed by atoms with E-state index < -0.39 is 137 Å². The highest BCUT2D eigenvalue weighted by molar-refractivity contribution is 5.95. The summed E-state index contributed by atoms with van der Waals surface area (Å²) in [6, 6.07) is 6.50. The largest absolute Gasteiger partial charge is 0.509 e. The van der Waals surface area contributed by atoms with Crippen molar-refractivity contribution in [2.24, 2.45) is 22.7 Å². The Morgan fingerprint density at radius 2 is 1.52 bits per heavy atom. The van der Waals surface area contributed by atoms with E-state index in [2.05, 4.69) is 36.5 Å². The molecule has 2 aliphatic heterocycles. The van der Waals surface area contributed by atoms with Crippen LogP contribution in [0.2, 0.25) is 0 Å². The minimum atomic E-state index is -2.47. The third kappa shape index (κ3) is 16.7. The highest BCUT2D eigenvalue weighted by Crippen LogP contribution is 2.64. The Bertz CT molecular complexity index is 2570. The van der Waals surface area contributed by atoms with E-state index in [4.69, 9.17) is 47.4 Å². The zero-order valence-electron chi connectivity index (χ0n) is 52.1. The van der Waals surface area contributed by atoms with Crippen molar-refractivity contribution in [1.29, 1.82) is 0 Å². The lowest BCUT2D eigenvalue weighted by molar-refractivity contribution is -0.346. The molecule has 13 atom stereocenters. The molecule has 2 bridgehead atoms. The van der Waals surface area contributed by atoms with Crippen molar-refractivity contribution in [3.63, 3.8) is 0 Å². The van der Waals surface area contributed by atoms with Gasteiger partial charge in [0.1, 0.15) is 42.2 Å². The molecule has 0 radical (unpaired) electrons. The van der Waals surface area contributed by atoms with E-state index in [1.807, 2.05) is 13.8 Å². The number of Topliss-reactive ketones (excluding diaryl/α,β-unsaturated/α-hetero) is 1. The number of allylic oxidation sites excluding steroid dienone is 4. The average Bonchev–Trinajstić information content (AvgIpc) is 0.879.